The molecule has 118 valence electrons. The molecule has 1 saturated heterocycles. The van der Waals surface area contributed by atoms with Gasteiger partial charge in [0.1, 0.15) is 0 Å². The SMILES string of the molecule is CCN(Cc1cccs1)C(=O)[C@H]1CCO[C@@H]1c1cnn(C)c1. The molecule has 0 bridgehead atoms. The lowest BCUT2D eigenvalue weighted by atomic mass is 9.95. The van der Waals surface area contributed by atoms with Crippen molar-refractivity contribution in [2.75, 3.05) is 13.2 Å². The minimum atomic E-state index is -0.168. The number of aryl methyl sites for hydroxylation is 1. The van der Waals surface area contributed by atoms with Gasteiger partial charge in [-0.2, -0.15) is 5.10 Å². The standard InChI is InChI=1S/C16H21N3O2S/c1-3-19(11-13-5-4-8-22-13)16(20)14-6-7-21-15(14)12-9-17-18(2)10-12/h4-5,8-10,14-15H,3,6-7,11H2,1-2H3/t14-,15+/m0/s1. The van der Waals surface area contributed by atoms with Crippen molar-refractivity contribution in [2.24, 2.45) is 13.0 Å². The van der Waals surface area contributed by atoms with Crippen molar-refractivity contribution < 1.29 is 9.53 Å². The molecule has 0 N–H and O–H groups in total. The summed E-state index contributed by atoms with van der Waals surface area (Å²) < 4.78 is 7.57. The molecule has 0 aliphatic carbocycles. The number of rotatable bonds is 5. The summed E-state index contributed by atoms with van der Waals surface area (Å²) in [6.07, 6.45) is 4.34. The summed E-state index contributed by atoms with van der Waals surface area (Å²) in [4.78, 5) is 16.1. The van der Waals surface area contributed by atoms with E-state index in [1.54, 1.807) is 22.2 Å². The zero-order valence-corrected chi connectivity index (χ0v) is 13.8. The van der Waals surface area contributed by atoms with Crippen LogP contribution in [0.4, 0.5) is 0 Å². The van der Waals surface area contributed by atoms with Crippen molar-refractivity contribution in [3.8, 4) is 0 Å². The predicted molar refractivity (Wildman–Crippen MR) is 85.4 cm³/mol. The van der Waals surface area contributed by atoms with Gasteiger partial charge in [0.05, 0.1) is 24.8 Å². The van der Waals surface area contributed by atoms with E-state index in [0.717, 1.165) is 12.0 Å². The number of nitrogens with zero attached hydrogens (tertiary/aromatic N) is 3. The molecule has 5 nitrogen and oxygen atoms in total. The summed E-state index contributed by atoms with van der Waals surface area (Å²) in [5, 5.41) is 6.24. The van der Waals surface area contributed by atoms with Crippen LogP contribution in [-0.2, 0) is 23.1 Å². The summed E-state index contributed by atoms with van der Waals surface area (Å²) in [6, 6.07) is 4.10. The van der Waals surface area contributed by atoms with Crippen LogP contribution >= 0.6 is 11.3 Å². The first-order chi connectivity index (χ1) is 10.7. The molecule has 2 aromatic heterocycles. The minimum Gasteiger partial charge on any atom is -0.373 e. The van der Waals surface area contributed by atoms with Crippen molar-refractivity contribution >= 4 is 17.2 Å². The Kier molecular flexibility index (Phi) is 4.59. The van der Waals surface area contributed by atoms with Crippen molar-refractivity contribution in [1.29, 1.82) is 0 Å². The van der Waals surface area contributed by atoms with Gasteiger partial charge in [-0.05, 0) is 24.8 Å². The highest BCUT2D eigenvalue weighted by Crippen LogP contribution is 2.35. The predicted octanol–water partition coefficient (Wildman–Crippen LogP) is 2.61. The lowest BCUT2D eigenvalue weighted by Gasteiger charge is -2.26. The Balaban J connectivity index is 1.74. The fourth-order valence-electron chi connectivity index (χ4n) is 2.93. The molecule has 2 aromatic rings. The fraction of sp³-hybridized carbons (Fsp3) is 0.500. The highest BCUT2D eigenvalue weighted by atomic mass is 32.1. The molecule has 1 aliphatic rings. The van der Waals surface area contributed by atoms with Gasteiger partial charge in [-0.25, -0.2) is 0 Å². The number of carbonyl (C=O) groups is 1. The van der Waals surface area contributed by atoms with E-state index < -0.39 is 0 Å². The van der Waals surface area contributed by atoms with E-state index in [9.17, 15) is 4.79 Å². The molecular formula is C16H21N3O2S. The quantitative estimate of drug-likeness (QED) is 0.851. The van der Waals surface area contributed by atoms with Gasteiger partial charge in [-0.3, -0.25) is 9.48 Å². The molecule has 0 radical (unpaired) electrons. The van der Waals surface area contributed by atoms with Crippen LogP contribution in [0, 0.1) is 5.92 Å². The lowest BCUT2D eigenvalue weighted by molar-refractivity contribution is -0.137. The van der Waals surface area contributed by atoms with Crippen LogP contribution in [0.3, 0.4) is 0 Å². The average Bonchev–Trinajstić information content (AvgIpc) is 3.24. The van der Waals surface area contributed by atoms with Crippen LogP contribution in [0.5, 0.6) is 0 Å². The molecule has 0 aromatic carbocycles. The van der Waals surface area contributed by atoms with Crippen LogP contribution in [0.2, 0.25) is 0 Å². The van der Waals surface area contributed by atoms with Gasteiger partial charge in [0.15, 0.2) is 0 Å². The van der Waals surface area contributed by atoms with Crippen molar-refractivity contribution in [3.63, 3.8) is 0 Å². The van der Waals surface area contributed by atoms with Gasteiger partial charge < -0.3 is 9.64 Å². The number of thiophene rings is 1. The summed E-state index contributed by atoms with van der Waals surface area (Å²) >= 11 is 1.69. The molecule has 6 heteroatoms. The molecule has 0 spiro atoms. The Morgan fingerprint density at radius 1 is 1.59 bits per heavy atom. The van der Waals surface area contributed by atoms with E-state index in [0.29, 0.717) is 19.7 Å². The van der Waals surface area contributed by atoms with Crippen LogP contribution in [0.1, 0.15) is 29.9 Å². The zero-order valence-electron chi connectivity index (χ0n) is 12.9. The normalized spacial score (nSPS) is 21.2. The average molecular weight is 319 g/mol. The number of hydrogen-bond donors (Lipinski definition) is 0. The Bertz CT molecular complexity index is 623. The second kappa shape index (κ2) is 6.62. The van der Waals surface area contributed by atoms with E-state index >= 15 is 0 Å². The molecule has 1 aliphatic heterocycles. The summed E-state index contributed by atoms with van der Waals surface area (Å²) in [5.74, 6) is 0.0753. The van der Waals surface area contributed by atoms with Gasteiger partial charge in [-0.15, -0.1) is 11.3 Å². The van der Waals surface area contributed by atoms with Crippen LogP contribution < -0.4 is 0 Å². The van der Waals surface area contributed by atoms with E-state index in [1.807, 2.05) is 36.5 Å². The van der Waals surface area contributed by atoms with Gasteiger partial charge in [0.2, 0.25) is 5.91 Å². The number of hydrogen-bond acceptors (Lipinski definition) is 4. The Labute approximate surface area is 134 Å². The molecule has 2 atom stereocenters. The third-order valence-electron chi connectivity index (χ3n) is 4.08. The van der Waals surface area contributed by atoms with Crippen LogP contribution in [-0.4, -0.2) is 33.7 Å². The monoisotopic (exact) mass is 319 g/mol. The number of carbonyl (C=O) groups excluding carboxylic acids is 1. The second-order valence-electron chi connectivity index (χ2n) is 5.57. The maximum Gasteiger partial charge on any atom is 0.229 e. The Morgan fingerprint density at radius 2 is 2.45 bits per heavy atom. The third-order valence-corrected chi connectivity index (χ3v) is 4.94. The molecule has 22 heavy (non-hydrogen) atoms. The molecule has 3 rings (SSSR count). The van der Waals surface area contributed by atoms with Crippen molar-refractivity contribution in [2.45, 2.75) is 26.0 Å². The number of amides is 1. The number of ether oxygens (including phenoxy) is 1. The number of aromatic nitrogens is 2. The van der Waals surface area contributed by atoms with E-state index in [-0.39, 0.29) is 17.9 Å². The zero-order chi connectivity index (χ0) is 15.5. The molecular weight excluding hydrogens is 298 g/mol. The van der Waals surface area contributed by atoms with E-state index in [2.05, 4.69) is 11.2 Å². The molecule has 1 amide bonds. The minimum absolute atomic E-state index is 0.107. The topological polar surface area (TPSA) is 47.4 Å². The van der Waals surface area contributed by atoms with Crippen LogP contribution in [0.15, 0.2) is 29.9 Å². The van der Waals surface area contributed by atoms with Gasteiger partial charge in [0, 0.05) is 36.8 Å². The van der Waals surface area contributed by atoms with E-state index in [4.69, 9.17) is 4.74 Å². The maximum atomic E-state index is 12.9. The Morgan fingerprint density at radius 3 is 3.09 bits per heavy atom. The molecule has 0 unspecified atom stereocenters. The van der Waals surface area contributed by atoms with Crippen LogP contribution in [0.25, 0.3) is 0 Å². The highest BCUT2D eigenvalue weighted by molar-refractivity contribution is 7.09. The highest BCUT2D eigenvalue weighted by Gasteiger charge is 2.37. The largest absolute Gasteiger partial charge is 0.373 e. The molecule has 1 fully saturated rings. The van der Waals surface area contributed by atoms with E-state index in [1.165, 1.54) is 4.88 Å². The van der Waals surface area contributed by atoms with Crippen molar-refractivity contribution in [3.05, 3.63) is 40.3 Å². The fourth-order valence-corrected chi connectivity index (χ4v) is 3.65. The second-order valence-corrected chi connectivity index (χ2v) is 6.60. The summed E-state index contributed by atoms with van der Waals surface area (Å²) in [7, 11) is 1.88. The first-order valence-corrected chi connectivity index (χ1v) is 8.48. The smallest absolute Gasteiger partial charge is 0.229 e. The van der Waals surface area contributed by atoms with Gasteiger partial charge in [0.25, 0.3) is 0 Å². The molecule has 3 heterocycles. The maximum absolute atomic E-state index is 12.9. The first-order valence-electron chi connectivity index (χ1n) is 7.60. The lowest BCUT2D eigenvalue weighted by Crippen LogP contribution is -2.36. The van der Waals surface area contributed by atoms with Crippen molar-refractivity contribution in [1.82, 2.24) is 14.7 Å². The molecule has 0 saturated carbocycles. The summed E-state index contributed by atoms with van der Waals surface area (Å²) in [5.41, 5.74) is 0.991. The first kappa shape index (κ1) is 15.2. The third kappa shape index (κ3) is 3.08. The van der Waals surface area contributed by atoms with Gasteiger partial charge >= 0.3 is 0 Å². The summed E-state index contributed by atoms with van der Waals surface area (Å²) in [6.45, 7) is 4.06. The Hall–Kier alpha value is -1.66. The van der Waals surface area contributed by atoms with Gasteiger partial charge in [-0.1, -0.05) is 6.07 Å².